The summed E-state index contributed by atoms with van der Waals surface area (Å²) in [5.74, 6) is 0. The highest BCUT2D eigenvalue weighted by molar-refractivity contribution is 5.49. The van der Waals surface area contributed by atoms with Gasteiger partial charge in [0.1, 0.15) is 0 Å². The molecule has 1 aliphatic heterocycles. The molecule has 0 bridgehead atoms. The van der Waals surface area contributed by atoms with Crippen molar-refractivity contribution in [3.8, 4) is 0 Å². The first-order valence-corrected chi connectivity index (χ1v) is 6.76. The van der Waals surface area contributed by atoms with E-state index in [0.717, 1.165) is 19.5 Å². The van der Waals surface area contributed by atoms with Crippen LogP contribution in [0.15, 0.2) is 24.3 Å². The van der Waals surface area contributed by atoms with Crippen molar-refractivity contribution in [3.63, 3.8) is 0 Å². The van der Waals surface area contributed by atoms with Gasteiger partial charge in [0, 0.05) is 18.3 Å². The van der Waals surface area contributed by atoms with Crippen molar-refractivity contribution in [2.45, 2.75) is 32.4 Å². The summed E-state index contributed by atoms with van der Waals surface area (Å²) in [6.45, 7) is 6.59. The van der Waals surface area contributed by atoms with Crippen molar-refractivity contribution >= 4 is 5.69 Å². The van der Waals surface area contributed by atoms with Crippen molar-refractivity contribution in [3.05, 3.63) is 29.8 Å². The minimum Gasteiger partial charge on any atom is -0.394 e. The van der Waals surface area contributed by atoms with Gasteiger partial charge in [-0.2, -0.15) is 0 Å². The Morgan fingerprint density at radius 1 is 1.28 bits per heavy atom. The summed E-state index contributed by atoms with van der Waals surface area (Å²) in [5.41, 5.74) is 2.50. The molecule has 1 saturated heterocycles. The monoisotopic (exact) mass is 248 g/mol. The summed E-state index contributed by atoms with van der Waals surface area (Å²) in [4.78, 5) is 4.69. The standard InChI is InChI=1S/C15H24N2O/c1-12-4-6-14(7-5-12)17-13(2)8-9-16(3)10-15(17)11-18/h4-7,13,15,18H,8-11H2,1-3H3. The average Bonchev–Trinajstić information content (AvgIpc) is 2.50. The van der Waals surface area contributed by atoms with Gasteiger partial charge in [-0.3, -0.25) is 0 Å². The van der Waals surface area contributed by atoms with E-state index < -0.39 is 0 Å². The van der Waals surface area contributed by atoms with E-state index in [1.807, 2.05) is 0 Å². The van der Waals surface area contributed by atoms with E-state index in [1.54, 1.807) is 0 Å². The molecule has 1 aromatic rings. The van der Waals surface area contributed by atoms with Crippen molar-refractivity contribution in [1.29, 1.82) is 0 Å². The molecule has 2 rings (SSSR count). The number of aryl methyl sites for hydroxylation is 1. The van der Waals surface area contributed by atoms with Gasteiger partial charge in [-0.1, -0.05) is 17.7 Å². The Morgan fingerprint density at radius 2 is 1.94 bits per heavy atom. The Morgan fingerprint density at radius 3 is 2.56 bits per heavy atom. The number of benzene rings is 1. The molecule has 0 spiro atoms. The van der Waals surface area contributed by atoms with Gasteiger partial charge in [-0.25, -0.2) is 0 Å². The lowest BCUT2D eigenvalue weighted by Crippen LogP contribution is -2.46. The van der Waals surface area contributed by atoms with Crippen LogP contribution in [0.5, 0.6) is 0 Å². The van der Waals surface area contributed by atoms with Gasteiger partial charge in [-0.15, -0.1) is 0 Å². The first-order valence-electron chi connectivity index (χ1n) is 6.76. The number of rotatable bonds is 2. The normalized spacial score (nSPS) is 26.1. The van der Waals surface area contributed by atoms with Crippen LogP contribution in [-0.4, -0.2) is 48.8 Å². The lowest BCUT2D eigenvalue weighted by Gasteiger charge is -2.36. The van der Waals surface area contributed by atoms with Crippen molar-refractivity contribution in [2.75, 3.05) is 31.6 Å². The third kappa shape index (κ3) is 2.85. The fraction of sp³-hybridized carbons (Fsp3) is 0.600. The largest absolute Gasteiger partial charge is 0.394 e. The summed E-state index contributed by atoms with van der Waals surface area (Å²) in [7, 11) is 2.13. The molecule has 2 atom stereocenters. The Balaban J connectivity index is 2.28. The minimum atomic E-state index is 0.190. The maximum atomic E-state index is 9.67. The number of aliphatic hydroxyl groups excluding tert-OH is 1. The van der Waals surface area contributed by atoms with Crippen LogP contribution in [0, 0.1) is 6.92 Å². The SMILES string of the molecule is Cc1ccc(N2C(C)CCN(C)CC2CO)cc1. The zero-order chi connectivity index (χ0) is 13.1. The molecule has 3 heteroatoms. The molecule has 0 aliphatic carbocycles. The summed E-state index contributed by atoms with van der Waals surface area (Å²) < 4.78 is 0. The Bertz CT molecular complexity index is 377. The van der Waals surface area contributed by atoms with Crippen LogP contribution in [0.4, 0.5) is 5.69 Å². The molecule has 100 valence electrons. The molecular formula is C15H24N2O. The van der Waals surface area contributed by atoms with Gasteiger partial charge in [-0.05, 0) is 46.0 Å². The van der Waals surface area contributed by atoms with Gasteiger partial charge in [0.15, 0.2) is 0 Å². The van der Waals surface area contributed by atoms with E-state index >= 15 is 0 Å². The molecule has 1 aliphatic rings. The number of hydrogen-bond donors (Lipinski definition) is 1. The number of aliphatic hydroxyl groups is 1. The van der Waals surface area contributed by atoms with Crippen LogP contribution in [0.3, 0.4) is 0 Å². The zero-order valence-corrected chi connectivity index (χ0v) is 11.6. The molecular weight excluding hydrogens is 224 g/mol. The molecule has 0 radical (unpaired) electrons. The predicted molar refractivity (Wildman–Crippen MR) is 76.1 cm³/mol. The van der Waals surface area contributed by atoms with Crippen LogP contribution in [0.1, 0.15) is 18.9 Å². The van der Waals surface area contributed by atoms with Crippen LogP contribution >= 0.6 is 0 Å². The summed E-state index contributed by atoms with van der Waals surface area (Å²) in [6, 6.07) is 9.28. The first-order chi connectivity index (χ1) is 8.61. The van der Waals surface area contributed by atoms with E-state index in [9.17, 15) is 5.11 Å². The fourth-order valence-electron chi connectivity index (χ4n) is 2.77. The molecule has 18 heavy (non-hydrogen) atoms. The van der Waals surface area contributed by atoms with Crippen molar-refractivity contribution < 1.29 is 5.11 Å². The lowest BCUT2D eigenvalue weighted by molar-refractivity contribution is 0.228. The van der Waals surface area contributed by atoms with Crippen LogP contribution in [-0.2, 0) is 0 Å². The average molecular weight is 248 g/mol. The Kier molecular flexibility index (Phi) is 4.25. The maximum Gasteiger partial charge on any atom is 0.0650 e. The van der Waals surface area contributed by atoms with E-state index in [2.05, 4.69) is 55.0 Å². The van der Waals surface area contributed by atoms with E-state index in [0.29, 0.717) is 6.04 Å². The molecule has 1 aromatic carbocycles. The van der Waals surface area contributed by atoms with Crippen LogP contribution in [0.25, 0.3) is 0 Å². The summed E-state index contributed by atoms with van der Waals surface area (Å²) >= 11 is 0. The maximum absolute atomic E-state index is 9.67. The number of likely N-dealkylation sites (N-methyl/N-ethyl adjacent to an activating group) is 1. The molecule has 3 nitrogen and oxygen atoms in total. The highest BCUT2D eigenvalue weighted by Crippen LogP contribution is 2.24. The second kappa shape index (κ2) is 5.72. The van der Waals surface area contributed by atoms with Crippen LogP contribution < -0.4 is 4.90 Å². The molecule has 2 unspecified atom stereocenters. The molecule has 0 aromatic heterocycles. The smallest absolute Gasteiger partial charge is 0.0650 e. The topological polar surface area (TPSA) is 26.7 Å². The number of hydrogen-bond acceptors (Lipinski definition) is 3. The van der Waals surface area contributed by atoms with Crippen LogP contribution in [0.2, 0.25) is 0 Å². The second-order valence-electron chi connectivity index (χ2n) is 5.48. The predicted octanol–water partition coefficient (Wildman–Crippen LogP) is 1.89. The second-order valence-corrected chi connectivity index (χ2v) is 5.48. The molecule has 1 N–H and O–H groups in total. The van der Waals surface area contributed by atoms with Gasteiger partial charge in [0.05, 0.1) is 12.6 Å². The lowest BCUT2D eigenvalue weighted by atomic mass is 10.1. The summed E-state index contributed by atoms with van der Waals surface area (Å²) in [5, 5.41) is 9.67. The molecule has 0 saturated carbocycles. The van der Waals surface area contributed by atoms with Crippen molar-refractivity contribution in [2.24, 2.45) is 0 Å². The Labute approximate surface area is 110 Å². The molecule has 1 heterocycles. The summed E-state index contributed by atoms with van der Waals surface area (Å²) in [6.07, 6.45) is 1.14. The third-order valence-electron chi connectivity index (χ3n) is 3.86. The van der Waals surface area contributed by atoms with E-state index in [4.69, 9.17) is 0 Å². The van der Waals surface area contributed by atoms with Gasteiger partial charge in [0.2, 0.25) is 0 Å². The molecule has 0 amide bonds. The van der Waals surface area contributed by atoms with E-state index in [-0.39, 0.29) is 12.6 Å². The highest BCUT2D eigenvalue weighted by Gasteiger charge is 2.27. The van der Waals surface area contributed by atoms with Gasteiger partial charge >= 0.3 is 0 Å². The minimum absolute atomic E-state index is 0.190. The van der Waals surface area contributed by atoms with Gasteiger partial charge < -0.3 is 14.9 Å². The molecule has 1 fully saturated rings. The Hall–Kier alpha value is -1.06. The van der Waals surface area contributed by atoms with E-state index in [1.165, 1.54) is 11.3 Å². The number of anilines is 1. The number of nitrogens with zero attached hydrogens (tertiary/aromatic N) is 2. The third-order valence-corrected chi connectivity index (χ3v) is 3.86. The van der Waals surface area contributed by atoms with Gasteiger partial charge in [0.25, 0.3) is 0 Å². The highest BCUT2D eigenvalue weighted by atomic mass is 16.3. The first kappa shape index (κ1) is 13.4. The fourth-order valence-corrected chi connectivity index (χ4v) is 2.77. The zero-order valence-electron chi connectivity index (χ0n) is 11.6. The quantitative estimate of drug-likeness (QED) is 0.866. The van der Waals surface area contributed by atoms with Crippen molar-refractivity contribution in [1.82, 2.24) is 4.90 Å².